The Bertz CT molecular complexity index is 481. The highest BCUT2D eigenvalue weighted by Gasteiger charge is 2.35. The summed E-state index contributed by atoms with van der Waals surface area (Å²) in [5.74, 6) is 0.134. The molecule has 0 spiro atoms. The lowest BCUT2D eigenvalue weighted by Gasteiger charge is -2.37. The Kier molecular flexibility index (Phi) is 6.88. The largest absolute Gasteiger partial charge is 0.370 e. The first-order chi connectivity index (χ1) is 9.03. The second-order valence-electron chi connectivity index (χ2n) is 5.21. The minimum Gasteiger partial charge on any atom is -0.370 e. The highest BCUT2D eigenvalue weighted by atomic mass is 127. The van der Waals surface area contributed by atoms with E-state index in [0.29, 0.717) is 16.6 Å². The molecule has 1 fully saturated rings. The van der Waals surface area contributed by atoms with E-state index >= 15 is 0 Å². The van der Waals surface area contributed by atoms with Gasteiger partial charge in [0.2, 0.25) is 0 Å². The lowest BCUT2D eigenvalue weighted by molar-refractivity contribution is 0.301. The van der Waals surface area contributed by atoms with Gasteiger partial charge in [-0.3, -0.25) is 4.99 Å². The Hall–Kier alpha value is -0.200. The summed E-state index contributed by atoms with van der Waals surface area (Å²) in [4.78, 5) is 4.24. The molecule has 0 saturated heterocycles. The fourth-order valence-electron chi connectivity index (χ4n) is 2.90. The summed E-state index contributed by atoms with van der Waals surface area (Å²) in [7, 11) is 0. The van der Waals surface area contributed by atoms with Crippen LogP contribution in [0.3, 0.4) is 0 Å². The van der Waals surface area contributed by atoms with E-state index in [2.05, 4.69) is 4.99 Å². The zero-order chi connectivity index (χ0) is 13.9. The molecular formula is C14H20Cl2IN3. The Morgan fingerprint density at radius 1 is 1.15 bits per heavy atom. The van der Waals surface area contributed by atoms with Gasteiger partial charge < -0.3 is 11.5 Å². The Balaban J connectivity index is 0.00000200. The summed E-state index contributed by atoms with van der Waals surface area (Å²) in [6.45, 7) is 0.594. The first kappa shape index (κ1) is 17.9. The van der Waals surface area contributed by atoms with Crippen LogP contribution in [0.2, 0.25) is 10.0 Å². The van der Waals surface area contributed by atoms with Gasteiger partial charge in [0.1, 0.15) is 0 Å². The van der Waals surface area contributed by atoms with Crippen LogP contribution >= 0.6 is 47.2 Å². The lowest BCUT2D eigenvalue weighted by Crippen LogP contribution is -2.35. The monoisotopic (exact) mass is 427 g/mol. The van der Waals surface area contributed by atoms with Gasteiger partial charge in [0, 0.05) is 15.5 Å². The first-order valence-electron chi connectivity index (χ1n) is 6.54. The van der Waals surface area contributed by atoms with Gasteiger partial charge in [-0.1, -0.05) is 48.5 Å². The van der Waals surface area contributed by atoms with Gasteiger partial charge in [-0.25, -0.2) is 0 Å². The standard InChI is InChI=1S/C14H19Cl2N3.HI/c15-10-4-5-11(12(16)8-10)14(9-19-13(17)18)6-2-1-3-7-14;/h4-5,8H,1-3,6-7,9H2,(H4,17,18,19);1H. The topological polar surface area (TPSA) is 64.4 Å². The molecule has 1 saturated carbocycles. The third kappa shape index (κ3) is 4.15. The summed E-state index contributed by atoms with van der Waals surface area (Å²) >= 11 is 12.3. The summed E-state index contributed by atoms with van der Waals surface area (Å²) in [5, 5.41) is 1.36. The van der Waals surface area contributed by atoms with E-state index < -0.39 is 0 Å². The second kappa shape index (κ2) is 7.71. The van der Waals surface area contributed by atoms with Gasteiger partial charge in [0.05, 0.1) is 6.54 Å². The van der Waals surface area contributed by atoms with Crippen molar-refractivity contribution < 1.29 is 0 Å². The van der Waals surface area contributed by atoms with Gasteiger partial charge in [0.25, 0.3) is 0 Å². The number of rotatable bonds is 3. The fraction of sp³-hybridized carbons (Fsp3) is 0.500. The van der Waals surface area contributed by atoms with Crippen LogP contribution in [0, 0.1) is 0 Å². The van der Waals surface area contributed by atoms with Crippen molar-refractivity contribution in [2.75, 3.05) is 6.54 Å². The molecule has 3 nitrogen and oxygen atoms in total. The minimum absolute atomic E-state index is 0. The number of aliphatic imine (C=N–C) groups is 1. The first-order valence-corrected chi connectivity index (χ1v) is 7.30. The Labute approximate surface area is 147 Å². The van der Waals surface area contributed by atoms with E-state index in [1.165, 1.54) is 19.3 Å². The van der Waals surface area contributed by atoms with Gasteiger partial charge in [-0.2, -0.15) is 0 Å². The van der Waals surface area contributed by atoms with Crippen molar-refractivity contribution in [3.8, 4) is 0 Å². The van der Waals surface area contributed by atoms with Crippen LogP contribution in [-0.4, -0.2) is 12.5 Å². The van der Waals surface area contributed by atoms with Gasteiger partial charge >= 0.3 is 0 Å². The number of hydrogen-bond acceptors (Lipinski definition) is 1. The molecule has 4 N–H and O–H groups in total. The number of benzene rings is 1. The summed E-state index contributed by atoms with van der Waals surface area (Å²) in [6.07, 6.45) is 5.74. The van der Waals surface area contributed by atoms with Crippen LogP contribution < -0.4 is 11.5 Å². The molecule has 0 atom stereocenters. The van der Waals surface area contributed by atoms with E-state index in [1.807, 2.05) is 12.1 Å². The maximum atomic E-state index is 6.37. The summed E-state index contributed by atoms with van der Waals surface area (Å²) in [6, 6.07) is 5.69. The lowest BCUT2D eigenvalue weighted by atomic mass is 9.69. The molecule has 1 aliphatic rings. The van der Waals surface area contributed by atoms with Crippen molar-refractivity contribution in [1.29, 1.82) is 0 Å². The predicted octanol–water partition coefficient (Wildman–Crippen LogP) is 4.09. The van der Waals surface area contributed by atoms with Gasteiger partial charge in [0.15, 0.2) is 5.96 Å². The quantitative estimate of drug-likeness (QED) is 0.433. The van der Waals surface area contributed by atoms with Crippen molar-refractivity contribution in [1.82, 2.24) is 0 Å². The molecule has 1 aromatic rings. The molecule has 0 aliphatic heterocycles. The molecule has 0 amide bonds. The van der Waals surface area contributed by atoms with Gasteiger partial charge in [-0.15, -0.1) is 24.0 Å². The van der Waals surface area contributed by atoms with Crippen LogP contribution in [-0.2, 0) is 5.41 Å². The average Bonchev–Trinajstić information content (AvgIpc) is 2.37. The van der Waals surface area contributed by atoms with Crippen molar-refractivity contribution in [3.05, 3.63) is 33.8 Å². The van der Waals surface area contributed by atoms with E-state index in [0.717, 1.165) is 18.4 Å². The van der Waals surface area contributed by atoms with E-state index in [4.69, 9.17) is 34.7 Å². The van der Waals surface area contributed by atoms with Crippen molar-refractivity contribution in [2.24, 2.45) is 16.5 Å². The van der Waals surface area contributed by atoms with Crippen LogP contribution in [0.1, 0.15) is 37.7 Å². The Morgan fingerprint density at radius 3 is 2.35 bits per heavy atom. The second-order valence-corrected chi connectivity index (χ2v) is 6.05. The van der Waals surface area contributed by atoms with Crippen molar-refractivity contribution >= 4 is 53.1 Å². The zero-order valence-corrected chi connectivity index (χ0v) is 15.1. The number of guanidine groups is 1. The van der Waals surface area contributed by atoms with Crippen LogP contribution in [0.4, 0.5) is 0 Å². The molecule has 0 radical (unpaired) electrons. The number of halogens is 3. The number of hydrogen-bond donors (Lipinski definition) is 2. The van der Waals surface area contributed by atoms with Crippen molar-refractivity contribution in [3.63, 3.8) is 0 Å². The zero-order valence-electron chi connectivity index (χ0n) is 11.2. The van der Waals surface area contributed by atoms with Crippen molar-refractivity contribution in [2.45, 2.75) is 37.5 Å². The molecule has 112 valence electrons. The smallest absolute Gasteiger partial charge is 0.185 e. The molecule has 0 unspecified atom stereocenters. The summed E-state index contributed by atoms with van der Waals surface area (Å²) in [5.41, 5.74) is 12.0. The highest BCUT2D eigenvalue weighted by Crippen LogP contribution is 2.43. The van der Waals surface area contributed by atoms with Crippen LogP contribution in [0.25, 0.3) is 0 Å². The molecule has 20 heavy (non-hydrogen) atoms. The normalized spacial score (nSPS) is 17.1. The minimum atomic E-state index is -0.0517. The fourth-order valence-corrected chi connectivity index (χ4v) is 3.51. The molecule has 2 rings (SSSR count). The number of nitrogens with zero attached hydrogens (tertiary/aromatic N) is 1. The molecular weight excluding hydrogens is 408 g/mol. The van der Waals surface area contributed by atoms with Crippen LogP contribution in [0.15, 0.2) is 23.2 Å². The predicted molar refractivity (Wildman–Crippen MR) is 97.3 cm³/mol. The van der Waals surface area contributed by atoms with E-state index in [-0.39, 0.29) is 35.4 Å². The third-order valence-corrected chi connectivity index (χ3v) is 4.43. The molecule has 0 aromatic heterocycles. The Morgan fingerprint density at radius 2 is 1.80 bits per heavy atom. The summed E-state index contributed by atoms with van der Waals surface area (Å²) < 4.78 is 0. The van der Waals surface area contributed by atoms with Crippen LogP contribution in [0.5, 0.6) is 0 Å². The van der Waals surface area contributed by atoms with Gasteiger partial charge in [-0.05, 0) is 30.5 Å². The molecule has 0 heterocycles. The maximum Gasteiger partial charge on any atom is 0.185 e. The average molecular weight is 428 g/mol. The number of nitrogens with two attached hydrogens (primary N) is 2. The highest BCUT2D eigenvalue weighted by molar-refractivity contribution is 14.0. The molecule has 1 aliphatic carbocycles. The maximum absolute atomic E-state index is 6.37. The third-order valence-electron chi connectivity index (χ3n) is 3.88. The molecule has 1 aromatic carbocycles. The van der Waals surface area contributed by atoms with E-state index in [9.17, 15) is 0 Å². The molecule has 6 heteroatoms. The SMILES string of the molecule is I.NC(N)=NCC1(c2ccc(Cl)cc2Cl)CCCCC1. The van der Waals surface area contributed by atoms with E-state index in [1.54, 1.807) is 6.07 Å². The molecule has 0 bridgehead atoms.